The highest BCUT2D eigenvalue weighted by Crippen LogP contribution is 2.10. The summed E-state index contributed by atoms with van der Waals surface area (Å²) in [5, 5.41) is 12.6. The third-order valence-corrected chi connectivity index (χ3v) is 1.74. The Hall–Kier alpha value is -0.610. The molecule has 0 aromatic rings. The van der Waals surface area contributed by atoms with Gasteiger partial charge in [-0.2, -0.15) is 0 Å². The van der Waals surface area contributed by atoms with E-state index in [-0.39, 0.29) is 17.8 Å². The molecular weight excluding hydrogens is 194 g/mol. The molecule has 0 aromatic heterocycles. The van der Waals surface area contributed by atoms with Crippen LogP contribution in [-0.4, -0.2) is 36.9 Å². The molecule has 90 valence electrons. The van der Waals surface area contributed by atoms with Gasteiger partial charge >= 0.3 is 5.97 Å². The van der Waals surface area contributed by atoms with Crippen LogP contribution in [0.1, 0.15) is 34.1 Å². The summed E-state index contributed by atoms with van der Waals surface area (Å²) in [4.78, 5) is 11.0. The van der Waals surface area contributed by atoms with Crippen molar-refractivity contribution in [3.8, 4) is 0 Å². The third-order valence-electron chi connectivity index (χ3n) is 1.74. The summed E-state index contributed by atoms with van der Waals surface area (Å²) in [6, 6.07) is 0. The maximum absolute atomic E-state index is 11.0. The summed E-state index contributed by atoms with van der Waals surface area (Å²) in [5.41, 5.74) is 0.184. The zero-order chi connectivity index (χ0) is 11.9. The Morgan fingerprint density at radius 3 is 2.53 bits per heavy atom. The molecule has 0 rings (SSSR count). The molecule has 0 amide bonds. The lowest BCUT2D eigenvalue weighted by Gasteiger charge is -2.20. The van der Waals surface area contributed by atoms with Crippen molar-refractivity contribution in [3.05, 3.63) is 0 Å². The van der Waals surface area contributed by atoms with Crippen molar-refractivity contribution in [3.63, 3.8) is 0 Å². The Balaban J connectivity index is 3.57. The molecule has 0 aliphatic heterocycles. The van der Waals surface area contributed by atoms with Gasteiger partial charge in [-0.15, -0.1) is 0 Å². The van der Waals surface area contributed by atoms with Gasteiger partial charge in [-0.25, -0.2) is 0 Å². The smallest absolute Gasteiger partial charge is 0.308 e. The van der Waals surface area contributed by atoms with Gasteiger partial charge in [0.05, 0.1) is 19.1 Å². The van der Waals surface area contributed by atoms with Gasteiger partial charge in [-0.05, 0) is 12.3 Å². The highest BCUT2D eigenvalue weighted by atomic mass is 16.5. The molecule has 2 N–H and O–H groups in total. The number of rotatable bonds is 6. The first-order valence-corrected chi connectivity index (χ1v) is 5.39. The number of hydrogen-bond acceptors (Lipinski definition) is 4. The fraction of sp³-hybridized carbons (Fsp3) is 0.909. The van der Waals surface area contributed by atoms with Gasteiger partial charge in [0, 0.05) is 13.1 Å². The van der Waals surface area contributed by atoms with Crippen molar-refractivity contribution in [2.75, 3.05) is 19.7 Å². The molecule has 0 fully saturated rings. The van der Waals surface area contributed by atoms with Crippen LogP contribution in [0.3, 0.4) is 0 Å². The van der Waals surface area contributed by atoms with Crippen LogP contribution in [0, 0.1) is 5.41 Å². The Labute approximate surface area is 92.0 Å². The standard InChI is InChI=1S/C11H23NO3/c1-5-15-10(14)6-9(13)7-12-8-11(2,3)4/h9,12-13H,5-8H2,1-4H3. The van der Waals surface area contributed by atoms with E-state index in [0.29, 0.717) is 13.2 Å². The predicted molar refractivity (Wildman–Crippen MR) is 59.6 cm³/mol. The van der Waals surface area contributed by atoms with Crippen LogP contribution in [0.15, 0.2) is 0 Å². The van der Waals surface area contributed by atoms with E-state index < -0.39 is 6.10 Å². The van der Waals surface area contributed by atoms with E-state index in [1.807, 2.05) is 0 Å². The van der Waals surface area contributed by atoms with E-state index in [4.69, 9.17) is 4.74 Å². The van der Waals surface area contributed by atoms with Crippen LogP contribution in [0.4, 0.5) is 0 Å². The van der Waals surface area contributed by atoms with E-state index in [1.165, 1.54) is 0 Å². The molecule has 0 saturated heterocycles. The number of aliphatic hydroxyl groups is 1. The number of hydrogen-bond donors (Lipinski definition) is 2. The number of carbonyl (C=O) groups is 1. The van der Waals surface area contributed by atoms with E-state index >= 15 is 0 Å². The molecule has 0 saturated carbocycles. The number of esters is 1. The number of aliphatic hydroxyl groups excluding tert-OH is 1. The second-order valence-corrected chi connectivity index (χ2v) is 4.85. The molecule has 0 aliphatic rings. The van der Waals surface area contributed by atoms with E-state index in [1.54, 1.807) is 6.92 Å². The van der Waals surface area contributed by atoms with Crippen molar-refractivity contribution < 1.29 is 14.6 Å². The van der Waals surface area contributed by atoms with Gasteiger partial charge in [-0.1, -0.05) is 20.8 Å². The average molecular weight is 217 g/mol. The first-order valence-electron chi connectivity index (χ1n) is 5.39. The number of nitrogens with one attached hydrogen (secondary N) is 1. The monoisotopic (exact) mass is 217 g/mol. The van der Waals surface area contributed by atoms with Gasteiger partial charge in [0.2, 0.25) is 0 Å². The molecule has 4 nitrogen and oxygen atoms in total. The molecule has 0 heterocycles. The first-order chi connectivity index (χ1) is 6.85. The second kappa shape index (κ2) is 6.80. The quantitative estimate of drug-likeness (QED) is 0.650. The Bertz CT molecular complexity index is 187. The predicted octanol–water partition coefficient (Wildman–Crippen LogP) is 0.936. The van der Waals surface area contributed by atoms with Gasteiger partial charge in [0.15, 0.2) is 0 Å². The largest absolute Gasteiger partial charge is 0.466 e. The zero-order valence-corrected chi connectivity index (χ0v) is 10.2. The van der Waals surface area contributed by atoms with Crippen LogP contribution in [-0.2, 0) is 9.53 Å². The minimum atomic E-state index is -0.661. The van der Waals surface area contributed by atoms with Gasteiger partial charge in [0.1, 0.15) is 0 Å². The molecule has 0 radical (unpaired) electrons. The maximum Gasteiger partial charge on any atom is 0.308 e. The minimum Gasteiger partial charge on any atom is -0.466 e. The van der Waals surface area contributed by atoms with Crippen LogP contribution in [0.25, 0.3) is 0 Å². The molecular formula is C11H23NO3. The molecule has 1 unspecified atom stereocenters. The van der Waals surface area contributed by atoms with Gasteiger partial charge in [0.25, 0.3) is 0 Å². The van der Waals surface area contributed by atoms with Crippen molar-refractivity contribution in [2.24, 2.45) is 5.41 Å². The molecule has 15 heavy (non-hydrogen) atoms. The van der Waals surface area contributed by atoms with Crippen LogP contribution in [0.5, 0.6) is 0 Å². The van der Waals surface area contributed by atoms with Crippen molar-refractivity contribution in [2.45, 2.75) is 40.2 Å². The summed E-state index contributed by atoms with van der Waals surface area (Å²) in [6.07, 6.45) is -0.600. The summed E-state index contributed by atoms with van der Waals surface area (Å²) in [6.45, 7) is 9.68. The van der Waals surface area contributed by atoms with Crippen molar-refractivity contribution >= 4 is 5.97 Å². The Kier molecular flexibility index (Phi) is 6.52. The van der Waals surface area contributed by atoms with Gasteiger partial charge < -0.3 is 15.2 Å². The zero-order valence-electron chi connectivity index (χ0n) is 10.2. The molecule has 4 heteroatoms. The normalized spacial score (nSPS) is 13.7. The lowest BCUT2D eigenvalue weighted by atomic mass is 9.97. The molecule has 1 atom stereocenters. The fourth-order valence-electron chi connectivity index (χ4n) is 1.10. The van der Waals surface area contributed by atoms with E-state index in [2.05, 4.69) is 26.1 Å². The minimum absolute atomic E-state index is 0.0605. The Morgan fingerprint density at radius 1 is 1.47 bits per heavy atom. The maximum atomic E-state index is 11.0. The first kappa shape index (κ1) is 14.4. The number of carbonyl (C=O) groups excluding carboxylic acids is 1. The van der Waals surface area contributed by atoms with Crippen LogP contribution in [0.2, 0.25) is 0 Å². The molecule has 0 spiro atoms. The fourth-order valence-corrected chi connectivity index (χ4v) is 1.10. The molecule has 0 aliphatic carbocycles. The third kappa shape index (κ3) is 9.69. The van der Waals surface area contributed by atoms with Crippen LogP contribution < -0.4 is 5.32 Å². The van der Waals surface area contributed by atoms with E-state index in [9.17, 15) is 9.90 Å². The Morgan fingerprint density at radius 2 is 2.07 bits per heavy atom. The van der Waals surface area contributed by atoms with Crippen molar-refractivity contribution in [1.29, 1.82) is 0 Å². The summed E-state index contributed by atoms with van der Waals surface area (Å²) in [7, 11) is 0. The average Bonchev–Trinajstić information content (AvgIpc) is 2.01. The van der Waals surface area contributed by atoms with Gasteiger partial charge in [-0.3, -0.25) is 4.79 Å². The summed E-state index contributed by atoms with van der Waals surface area (Å²) < 4.78 is 4.73. The highest BCUT2D eigenvalue weighted by Gasteiger charge is 2.13. The van der Waals surface area contributed by atoms with Crippen LogP contribution >= 0.6 is 0 Å². The molecule has 0 aromatic carbocycles. The van der Waals surface area contributed by atoms with Crippen molar-refractivity contribution in [1.82, 2.24) is 5.32 Å². The lowest BCUT2D eigenvalue weighted by Crippen LogP contribution is -2.34. The topological polar surface area (TPSA) is 58.6 Å². The van der Waals surface area contributed by atoms with E-state index in [0.717, 1.165) is 6.54 Å². The second-order valence-electron chi connectivity index (χ2n) is 4.85. The lowest BCUT2D eigenvalue weighted by molar-refractivity contribution is -0.145. The molecule has 0 bridgehead atoms. The number of ether oxygens (including phenoxy) is 1. The summed E-state index contributed by atoms with van der Waals surface area (Å²) in [5.74, 6) is -0.345. The SMILES string of the molecule is CCOC(=O)CC(O)CNCC(C)(C)C. The summed E-state index contributed by atoms with van der Waals surface area (Å²) >= 11 is 0. The highest BCUT2D eigenvalue weighted by molar-refractivity contribution is 5.69.